The number of H-pyrrole nitrogens is 2. The number of aromatic amines is 2. The molecule has 0 unspecified atom stereocenters. The predicted octanol–water partition coefficient (Wildman–Crippen LogP) is 12.1. The van der Waals surface area contributed by atoms with Gasteiger partial charge in [-0.2, -0.15) is 0 Å². The van der Waals surface area contributed by atoms with E-state index in [0.717, 1.165) is 103 Å². The largest absolute Gasteiger partial charge is 0.332 e. The van der Waals surface area contributed by atoms with Gasteiger partial charge in [-0.05, 0) is 188 Å². The van der Waals surface area contributed by atoms with E-state index in [-0.39, 0.29) is 24.7 Å². The normalized spacial score (nSPS) is 13.3. The van der Waals surface area contributed by atoms with Crippen molar-refractivity contribution in [3.8, 4) is 83.8 Å². The topological polar surface area (TPSA) is 189 Å². The summed E-state index contributed by atoms with van der Waals surface area (Å²) in [5, 5.41) is 1.95. The molecule has 0 saturated carbocycles. The molecule has 0 saturated heterocycles. The maximum atomic E-state index is 12.9. The molecule has 15 nitrogen and oxygen atoms in total. The van der Waals surface area contributed by atoms with Crippen LogP contribution in [0.5, 0.6) is 0 Å². The monoisotopic (exact) mass is 1140 g/mol. The van der Waals surface area contributed by atoms with E-state index in [1.807, 2.05) is 66.7 Å². The van der Waals surface area contributed by atoms with Gasteiger partial charge in [0, 0.05) is 66.0 Å². The van der Waals surface area contributed by atoms with Crippen LogP contribution in [0.15, 0.2) is 268 Å². The number of nitrogens with zero attached hydrogens (tertiary/aromatic N) is 5. The molecule has 4 amide bonds. The van der Waals surface area contributed by atoms with Crippen LogP contribution in [0, 0.1) is 0 Å². The molecule has 2 aliphatic heterocycles. The molecule has 0 spiro atoms. The van der Waals surface area contributed by atoms with Gasteiger partial charge < -0.3 is 14.5 Å². The Balaban J connectivity index is 0.919. The van der Waals surface area contributed by atoms with E-state index in [1.54, 1.807) is 60.7 Å². The van der Waals surface area contributed by atoms with Crippen LogP contribution in [0.2, 0.25) is 0 Å². The van der Waals surface area contributed by atoms with Crippen molar-refractivity contribution in [3.63, 3.8) is 0 Å². The highest BCUT2D eigenvalue weighted by molar-refractivity contribution is 6.22. The number of carbonyl (C=O) groups is 4. The van der Waals surface area contributed by atoms with Crippen LogP contribution in [0.4, 0.5) is 11.4 Å². The van der Waals surface area contributed by atoms with Gasteiger partial charge in [-0.15, -0.1) is 0 Å². The molecule has 9 aromatic carbocycles. The molecular weight excluding hydrogens is 1090 g/mol. The van der Waals surface area contributed by atoms with E-state index >= 15 is 0 Å². The minimum Gasteiger partial charge on any atom is -0.314 e. The highest BCUT2D eigenvalue weighted by Crippen LogP contribution is 2.41. The quantitative estimate of drug-likeness (QED) is 0.120. The summed E-state index contributed by atoms with van der Waals surface area (Å²) in [4.78, 5) is 110. The lowest BCUT2D eigenvalue weighted by molar-refractivity contribution is -0.126. The zero-order chi connectivity index (χ0) is 59.4. The Labute approximate surface area is 494 Å². The average Bonchev–Trinajstić information content (AvgIpc) is 1.80. The zero-order valence-corrected chi connectivity index (χ0v) is 46.1. The van der Waals surface area contributed by atoms with Crippen LogP contribution in [-0.4, -0.2) is 47.3 Å². The third kappa shape index (κ3) is 9.75. The van der Waals surface area contributed by atoms with Gasteiger partial charge in [-0.1, -0.05) is 91.0 Å². The maximum Gasteiger partial charge on any atom is 0.332 e. The fourth-order valence-electron chi connectivity index (χ4n) is 11.7. The number of hydrogen-bond donors (Lipinski definition) is 2. The second-order valence-corrected chi connectivity index (χ2v) is 21.2. The first kappa shape index (κ1) is 52.9. The molecule has 14 rings (SSSR count). The number of fused-ring (bicyclic) bond motifs is 3. The minimum absolute atomic E-state index is 0.126. The number of imide groups is 2. The second kappa shape index (κ2) is 21.6. The summed E-state index contributed by atoms with van der Waals surface area (Å²) in [6.07, 6.45) is 8.83. The van der Waals surface area contributed by atoms with E-state index < -0.39 is 34.3 Å². The van der Waals surface area contributed by atoms with Gasteiger partial charge in [-0.3, -0.25) is 28.8 Å². The number of anilines is 2. The number of carbonyl (C=O) groups excluding carboxylic acids is 4. The molecule has 0 bridgehead atoms. The summed E-state index contributed by atoms with van der Waals surface area (Å²) in [6.45, 7) is 0. The molecule has 0 atom stereocenters. The van der Waals surface area contributed by atoms with Crippen LogP contribution in [0.1, 0.15) is 12.8 Å². The lowest BCUT2D eigenvalue weighted by Gasteiger charge is -2.22. The Morgan fingerprint density at radius 2 is 0.609 bits per heavy atom. The van der Waals surface area contributed by atoms with Gasteiger partial charge in [0.1, 0.15) is 0 Å². The Kier molecular flexibility index (Phi) is 13.1. The summed E-state index contributed by atoms with van der Waals surface area (Å²) < 4.78 is 4.40. The van der Waals surface area contributed by atoms with Crippen molar-refractivity contribution in [1.29, 1.82) is 0 Å². The summed E-state index contributed by atoms with van der Waals surface area (Å²) in [7, 11) is 0. The standard InChI is InChI=1S/C72H47N7O8/c80-65-8-4-9-66(81)76(65)57-22-12-44(13-23-57)50-36-52(46-16-26-59(27-17-46)78-69(84)32-34-73-71(78)86)40-54(38-50)48-20-30-63-61(42-48)62-43-49(21-31-64(62)75(63)56-6-2-1-3-7-56)55-39-51(45-14-24-58(25-15-45)77-67(82)10-5-11-68(77)83)37-53(41-55)47-18-28-60(29-19-47)79-70(85)33-35-74-72(79)87/h1-8,10,12-43H,9,11H2,(H,73,86)(H,74,87). The van der Waals surface area contributed by atoms with Crippen molar-refractivity contribution in [3.05, 3.63) is 291 Å². The molecule has 418 valence electrons. The minimum atomic E-state index is -0.555. The smallest absolute Gasteiger partial charge is 0.314 e. The predicted molar refractivity (Wildman–Crippen MR) is 338 cm³/mol. The molecule has 3 aromatic heterocycles. The van der Waals surface area contributed by atoms with Crippen molar-refractivity contribution in [2.24, 2.45) is 0 Å². The van der Waals surface area contributed by atoms with Crippen LogP contribution in [0.25, 0.3) is 106 Å². The fraction of sp³-hybridized carbons (Fsp3) is 0.0278. The number of nitrogens with one attached hydrogen (secondary N) is 2. The summed E-state index contributed by atoms with van der Waals surface area (Å²) >= 11 is 0. The molecular formula is C72H47N7O8. The molecule has 2 N–H and O–H groups in total. The zero-order valence-electron chi connectivity index (χ0n) is 46.1. The van der Waals surface area contributed by atoms with Crippen LogP contribution in [-0.2, 0) is 19.2 Å². The molecule has 0 aliphatic carbocycles. The first-order valence-corrected chi connectivity index (χ1v) is 28.0. The number of rotatable bonds is 11. The molecule has 87 heavy (non-hydrogen) atoms. The highest BCUT2D eigenvalue weighted by atomic mass is 16.2. The van der Waals surface area contributed by atoms with E-state index in [2.05, 4.69) is 99.5 Å². The van der Waals surface area contributed by atoms with Crippen LogP contribution >= 0.6 is 0 Å². The molecule has 12 aromatic rings. The van der Waals surface area contributed by atoms with Gasteiger partial charge in [-0.25, -0.2) is 28.5 Å². The lowest BCUT2D eigenvalue weighted by Crippen LogP contribution is -2.37. The number of hydrogen-bond acceptors (Lipinski definition) is 8. The number of aromatic nitrogens is 5. The van der Waals surface area contributed by atoms with E-state index in [4.69, 9.17) is 0 Å². The number of amides is 4. The molecule has 0 fully saturated rings. The SMILES string of the molecule is O=C1C=CCC(=O)N1c1ccc(-c2cc(-c3ccc(-n4c(=O)cc[nH]c4=O)cc3)cc(-c3ccc4c(c3)c3cc(-c5cc(-c6ccc(N7C(=O)C=CCC7=O)cc6)cc(-c6ccc(-n7c(=O)cc[nH]c7=O)cc6)c5)ccc3n4-c3ccccc3)c2)cc1. The van der Waals surface area contributed by atoms with Crippen molar-refractivity contribution in [1.82, 2.24) is 23.7 Å². The van der Waals surface area contributed by atoms with Gasteiger partial charge in [0.2, 0.25) is 11.8 Å². The molecule has 2 aliphatic rings. The number of para-hydroxylation sites is 1. The van der Waals surface area contributed by atoms with Crippen molar-refractivity contribution in [2.45, 2.75) is 12.8 Å². The van der Waals surface area contributed by atoms with E-state index in [0.29, 0.717) is 22.7 Å². The van der Waals surface area contributed by atoms with Gasteiger partial charge in [0.05, 0.1) is 33.8 Å². The Hall–Kier alpha value is -12.1. The summed E-state index contributed by atoms with van der Waals surface area (Å²) in [5.74, 6) is -1.42. The van der Waals surface area contributed by atoms with Gasteiger partial charge >= 0.3 is 11.4 Å². The number of benzene rings is 9. The van der Waals surface area contributed by atoms with Crippen molar-refractivity contribution < 1.29 is 19.2 Å². The molecule has 5 heterocycles. The van der Waals surface area contributed by atoms with Gasteiger partial charge in [0.15, 0.2) is 0 Å². The summed E-state index contributed by atoms with van der Waals surface area (Å²) in [5.41, 5.74) is 12.9. The average molecular weight is 1140 g/mol. The lowest BCUT2D eigenvalue weighted by atomic mass is 9.92. The highest BCUT2D eigenvalue weighted by Gasteiger charge is 2.26. The maximum absolute atomic E-state index is 12.9. The molecule has 0 radical (unpaired) electrons. The fourth-order valence-corrected chi connectivity index (χ4v) is 11.7. The first-order chi connectivity index (χ1) is 42.4. The Morgan fingerprint density at radius 3 is 0.954 bits per heavy atom. The second-order valence-electron chi connectivity index (χ2n) is 21.2. The van der Waals surface area contributed by atoms with Crippen molar-refractivity contribution in [2.75, 3.05) is 9.80 Å². The Bertz CT molecular complexity index is 4790. The van der Waals surface area contributed by atoms with Crippen LogP contribution in [0.3, 0.4) is 0 Å². The Morgan fingerprint density at radius 1 is 0.287 bits per heavy atom. The third-order valence-corrected chi connectivity index (χ3v) is 15.9. The van der Waals surface area contributed by atoms with Gasteiger partial charge in [0.25, 0.3) is 22.9 Å². The summed E-state index contributed by atoms with van der Waals surface area (Å²) in [6, 6.07) is 67.3. The molecule has 15 heteroatoms. The third-order valence-electron chi connectivity index (χ3n) is 15.9. The first-order valence-electron chi connectivity index (χ1n) is 28.0. The van der Waals surface area contributed by atoms with E-state index in [1.165, 1.54) is 46.5 Å². The van der Waals surface area contributed by atoms with E-state index in [9.17, 15) is 38.4 Å². The van der Waals surface area contributed by atoms with Crippen LogP contribution < -0.4 is 32.3 Å². The van der Waals surface area contributed by atoms with Crippen molar-refractivity contribution >= 4 is 56.8 Å².